The van der Waals surface area contributed by atoms with E-state index in [0.29, 0.717) is 31.3 Å². The fourth-order valence-electron chi connectivity index (χ4n) is 5.85. The van der Waals surface area contributed by atoms with Crippen molar-refractivity contribution < 1.29 is 13.2 Å². The summed E-state index contributed by atoms with van der Waals surface area (Å²) < 4.78 is 27.1. The van der Waals surface area contributed by atoms with Gasteiger partial charge in [-0.05, 0) is 80.4 Å². The highest BCUT2D eigenvalue weighted by Gasteiger charge is 2.38. The predicted octanol–water partition coefficient (Wildman–Crippen LogP) is 3.47. The summed E-state index contributed by atoms with van der Waals surface area (Å²) in [6, 6.07) is 17.0. The van der Waals surface area contributed by atoms with Crippen LogP contribution < -0.4 is 9.62 Å². The van der Waals surface area contributed by atoms with Gasteiger partial charge in [-0.2, -0.15) is 0 Å². The predicted molar refractivity (Wildman–Crippen MR) is 136 cm³/mol. The van der Waals surface area contributed by atoms with Crippen molar-refractivity contribution in [1.82, 2.24) is 9.62 Å². The van der Waals surface area contributed by atoms with Crippen molar-refractivity contribution in [2.75, 3.05) is 30.3 Å². The SMILES string of the molecule is CCCS(=O)(=O)N[C@@H]1CCN(c2ccc3c(c2)[C@@H](Cc2ccccc2)[C@@H](N2CCC2)CC3)C1=O. The van der Waals surface area contributed by atoms with Crippen molar-refractivity contribution in [1.29, 1.82) is 0 Å². The number of hydrogen-bond acceptors (Lipinski definition) is 4. The summed E-state index contributed by atoms with van der Waals surface area (Å²) >= 11 is 0. The lowest BCUT2D eigenvalue weighted by Crippen LogP contribution is -2.50. The summed E-state index contributed by atoms with van der Waals surface area (Å²) in [5.41, 5.74) is 4.97. The molecule has 0 radical (unpaired) electrons. The van der Waals surface area contributed by atoms with Crippen LogP contribution in [0.25, 0.3) is 0 Å². The number of sulfonamides is 1. The lowest BCUT2D eigenvalue weighted by Gasteiger charge is -2.45. The smallest absolute Gasteiger partial charge is 0.245 e. The summed E-state index contributed by atoms with van der Waals surface area (Å²) in [7, 11) is -3.43. The second kappa shape index (κ2) is 9.80. The molecule has 0 aromatic heterocycles. The molecule has 0 spiro atoms. The largest absolute Gasteiger partial charge is 0.311 e. The van der Waals surface area contributed by atoms with E-state index in [-0.39, 0.29) is 11.7 Å². The normalized spacial score (nSPS) is 25.3. The number of aryl methyl sites for hydroxylation is 1. The first-order valence-electron chi connectivity index (χ1n) is 12.7. The zero-order chi connectivity index (χ0) is 23.7. The van der Waals surface area contributed by atoms with Crippen LogP contribution in [0.3, 0.4) is 0 Å². The number of nitrogens with one attached hydrogen (secondary N) is 1. The van der Waals surface area contributed by atoms with Crippen molar-refractivity contribution in [2.24, 2.45) is 0 Å². The Hall–Kier alpha value is -2.22. The molecule has 0 bridgehead atoms. The maximum Gasteiger partial charge on any atom is 0.245 e. The number of rotatable bonds is 8. The molecule has 7 heteroatoms. The van der Waals surface area contributed by atoms with Gasteiger partial charge in [0.25, 0.3) is 0 Å². The second-order valence-electron chi connectivity index (χ2n) is 9.94. The van der Waals surface area contributed by atoms with Crippen molar-refractivity contribution in [3.63, 3.8) is 0 Å². The number of hydrogen-bond donors (Lipinski definition) is 1. The first-order valence-corrected chi connectivity index (χ1v) is 14.3. The molecule has 1 amide bonds. The molecule has 6 nitrogen and oxygen atoms in total. The molecule has 2 fully saturated rings. The van der Waals surface area contributed by atoms with Gasteiger partial charge < -0.3 is 4.90 Å². The van der Waals surface area contributed by atoms with E-state index in [4.69, 9.17) is 0 Å². The van der Waals surface area contributed by atoms with Gasteiger partial charge in [0.05, 0.1) is 5.75 Å². The fraction of sp³-hybridized carbons (Fsp3) is 0.519. The first kappa shape index (κ1) is 23.5. The molecule has 1 N–H and O–H groups in total. The van der Waals surface area contributed by atoms with Crippen molar-refractivity contribution in [3.8, 4) is 0 Å². The van der Waals surface area contributed by atoms with E-state index in [1.54, 1.807) is 4.90 Å². The molecule has 0 saturated carbocycles. The van der Waals surface area contributed by atoms with Crippen LogP contribution in [0.2, 0.25) is 0 Å². The molecule has 2 aromatic carbocycles. The van der Waals surface area contributed by atoms with Crippen LogP contribution in [-0.2, 0) is 27.7 Å². The Morgan fingerprint density at radius 3 is 2.53 bits per heavy atom. The molecular weight excluding hydrogens is 446 g/mol. The highest BCUT2D eigenvalue weighted by molar-refractivity contribution is 7.89. The summed E-state index contributed by atoms with van der Waals surface area (Å²) in [5.74, 6) is 0.298. The Balaban J connectivity index is 1.41. The average Bonchev–Trinajstić information content (AvgIpc) is 3.13. The van der Waals surface area contributed by atoms with E-state index < -0.39 is 16.1 Å². The molecule has 2 heterocycles. The van der Waals surface area contributed by atoms with E-state index in [9.17, 15) is 13.2 Å². The third kappa shape index (κ3) is 4.79. The molecule has 0 unspecified atom stereocenters. The number of fused-ring (bicyclic) bond motifs is 1. The highest BCUT2D eigenvalue weighted by Crippen LogP contribution is 2.40. The Kier molecular flexibility index (Phi) is 6.78. The fourth-order valence-corrected chi connectivity index (χ4v) is 7.16. The molecule has 5 rings (SSSR count). The van der Waals surface area contributed by atoms with Crippen molar-refractivity contribution in [2.45, 2.75) is 63.5 Å². The minimum Gasteiger partial charge on any atom is -0.311 e. The van der Waals surface area contributed by atoms with Crippen LogP contribution in [0.15, 0.2) is 48.5 Å². The van der Waals surface area contributed by atoms with Gasteiger partial charge >= 0.3 is 0 Å². The van der Waals surface area contributed by atoms with Gasteiger partial charge in [0.1, 0.15) is 6.04 Å². The van der Waals surface area contributed by atoms with Crippen LogP contribution in [0, 0.1) is 0 Å². The van der Waals surface area contributed by atoms with Gasteiger partial charge in [-0.3, -0.25) is 9.69 Å². The first-order chi connectivity index (χ1) is 16.4. The Labute approximate surface area is 203 Å². The number of anilines is 1. The monoisotopic (exact) mass is 481 g/mol. The third-order valence-electron chi connectivity index (χ3n) is 7.67. The maximum absolute atomic E-state index is 13.1. The molecule has 2 aromatic rings. The third-order valence-corrected chi connectivity index (χ3v) is 9.26. The number of nitrogens with zero attached hydrogens (tertiary/aromatic N) is 2. The van der Waals surface area contributed by atoms with Gasteiger partial charge in [0.15, 0.2) is 0 Å². The average molecular weight is 482 g/mol. The van der Waals surface area contributed by atoms with Gasteiger partial charge in [-0.15, -0.1) is 0 Å². The molecule has 2 saturated heterocycles. The zero-order valence-corrected chi connectivity index (χ0v) is 20.8. The van der Waals surface area contributed by atoms with E-state index in [1.165, 1.54) is 42.6 Å². The van der Waals surface area contributed by atoms with Crippen LogP contribution in [0.4, 0.5) is 5.69 Å². The molecule has 3 aliphatic rings. The molecule has 1 aliphatic carbocycles. The summed E-state index contributed by atoms with van der Waals surface area (Å²) in [4.78, 5) is 17.5. The quantitative estimate of drug-likeness (QED) is 0.627. The second-order valence-corrected chi connectivity index (χ2v) is 11.8. The maximum atomic E-state index is 13.1. The van der Waals surface area contributed by atoms with Gasteiger partial charge in [0.2, 0.25) is 15.9 Å². The highest BCUT2D eigenvalue weighted by atomic mass is 32.2. The number of carbonyl (C=O) groups is 1. The summed E-state index contributed by atoms with van der Waals surface area (Å²) in [5, 5.41) is 0. The topological polar surface area (TPSA) is 69.7 Å². The van der Waals surface area contributed by atoms with Gasteiger partial charge in [0, 0.05) is 24.2 Å². The lowest BCUT2D eigenvalue weighted by molar-refractivity contribution is -0.118. The van der Waals surface area contributed by atoms with Crippen LogP contribution >= 0.6 is 0 Å². The lowest BCUT2D eigenvalue weighted by atomic mass is 9.74. The molecule has 34 heavy (non-hydrogen) atoms. The minimum atomic E-state index is -3.43. The Morgan fingerprint density at radius 1 is 1.03 bits per heavy atom. The summed E-state index contributed by atoms with van der Waals surface area (Å²) in [6.07, 6.45) is 5.54. The van der Waals surface area contributed by atoms with Crippen molar-refractivity contribution in [3.05, 3.63) is 65.2 Å². The van der Waals surface area contributed by atoms with E-state index in [0.717, 1.165) is 18.5 Å². The van der Waals surface area contributed by atoms with Crippen molar-refractivity contribution >= 4 is 21.6 Å². The molecule has 3 atom stereocenters. The van der Waals surface area contributed by atoms with Crippen LogP contribution in [-0.4, -0.2) is 56.7 Å². The minimum absolute atomic E-state index is 0.0503. The van der Waals surface area contributed by atoms with Gasteiger partial charge in [-0.1, -0.05) is 43.3 Å². The van der Waals surface area contributed by atoms with E-state index in [2.05, 4.69) is 52.1 Å². The number of likely N-dealkylation sites (tertiary alicyclic amines) is 1. The standard InChI is InChI=1S/C27H35N3O3S/c1-2-17-34(32,33)28-25-13-16-30(27(25)31)22-11-9-21-10-12-26(29-14-6-15-29)24(23(21)19-22)18-20-7-4-3-5-8-20/h3-5,7-9,11,19,24-26,28H,2,6,10,12-18H2,1H3/t24-,25-,26+/m1/s1. The molecular formula is C27H35N3O3S. The molecule has 2 aliphatic heterocycles. The number of amides is 1. The zero-order valence-electron chi connectivity index (χ0n) is 19.9. The van der Waals surface area contributed by atoms with Crippen LogP contribution in [0.5, 0.6) is 0 Å². The van der Waals surface area contributed by atoms with E-state index >= 15 is 0 Å². The molecule has 182 valence electrons. The van der Waals surface area contributed by atoms with Gasteiger partial charge in [-0.25, -0.2) is 13.1 Å². The van der Waals surface area contributed by atoms with E-state index in [1.807, 2.05) is 13.0 Å². The summed E-state index contributed by atoms with van der Waals surface area (Å²) in [6.45, 7) is 4.72. The number of benzene rings is 2. The Bertz CT molecular complexity index is 1130. The van der Waals surface area contributed by atoms with Crippen LogP contribution in [0.1, 0.15) is 55.2 Å². The Morgan fingerprint density at radius 2 is 1.82 bits per heavy atom. The number of carbonyl (C=O) groups excluding carboxylic acids is 1.